The summed E-state index contributed by atoms with van der Waals surface area (Å²) in [5.74, 6) is 0.693. The fraction of sp³-hybridized carbons (Fsp3) is 0.625. The van der Waals surface area contributed by atoms with E-state index in [9.17, 15) is 0 Å². The third-order valence-electron chi connectivity index (χ3n) is 1.98. The van der Waals surface area contributed by atoms with Crippen LogP contribution < -0.4 is 0 Å². The zero-order valence-electron chi connectivity index (χ0n) is 6.59. The van der Waals surface area contributed by atoms with Crippen molar-refractivity contribution in [1.82, 2.24) is 10.2 Å². The Kier molecular flexibility index (Phi) is 2.49. The highest BCUT2D eigenvalue weighted by molar-refractivity contribution is 5.09. The summed E-state index contributed by atoms with van der Waals surface area (Å²) in [5, 5.41) is 6.74. The summed E-state index contributed by atoms with van der Waals surface area (Å²) in [6.45, 7) is 4.42. The van der Waals surface area contributed by atoms with Crippen molar-refractivity contribution in [1.29, 1.82) is 0 Å². The van der Waals surface area contributed by atoms with Gasteiger partial charge >= 0.3 is 0 Å². The van der Waals surface area contributed by atoms with E-state index in [0.717, 1.165) is 0 Å². The van der Waals surface area contributed by atoms with Crippen LogP contribution in [0.4, 0.5) is 0 Å². The average molecular weight is 138 g/mol. The van der Waals surface area contributed by atoms with Crippen LogP contribution in [0.2, 0.25) is 0 Å². The van der Waals surface area contributed by atoms with Crippen molar-refractivity contribution in [2.45, 2.75) is 32.6 Å². The fourth-order valence-electron chi connectivity index (χ4n) is 1.24. The van der Waals surface area contributed by atoms with E-state index < -0.39 is 0 Å². The molecule has 0 radical (unpaired) electrons. The summed E-state index contributed by atoms with van der Waals surface area (Å²) < 4.78 is 0. The lowest BCUT2D eigenvalue weighted by molar-refractivity contribution is 0.642. The minimum Gasteiger partial charge on any atom is -0.285 e. The number of aromatic nitrogens is 2. The van der Waals surface area contributed by atoms with Crippen LogP contribution in [0, 0.1) is 0 Å². The van der Waals surface area contributed by atoms with E-state index in [4.69, 9.17) is 0 Å². The van der Waals surface area contributed by atoms with E-state index in [-0.39, 0.29) is 0 Å². The molecule has 0 atom stereocenters. The highest BCUT2D eigenvalue weighted by Crippen LogP contribution is 2.20. The van der Waals surface area contributed by atoms with Crippen molar-refractivity contribution in [2.75, 3.05) is 0 Å². The van der Waals surface area contributed by atoms with Gasteiger partial charge < -0.3 is 0 Å². The molecular weight excluding hydrogens is 124 g/mol. The van der Waals surface area contributed by atoms with Gasteiger partial charge in [0.25, 0.3) is 0 Å². The van der Waals surface area contributed by atoms with Crippen molar-refractivity contribution in [2.24, 2.45) is 0 Å². The first-order chi connectivity index (χ1) is 4.88. The molecule has 1 N–H and O–H groups in total. The summed E-state index contributed by atoms with van der Waals surface area (Å²) in [7, 11) is 0. The number of H-pyrrole nitrogens is 1. The predicted molar refractivity (Wildman–Crippen MR) is 41.9 cm³/mol. The van der Waals surface area contributed by atoms with Gasteiger partial charge in [-0.3, -0.25) is 5.10 Å². The monoisotopic (exact) mass is 138 g/mol. The molecule has 0 bridgehead atoms. The summed E-state index contributed by atoms with van der Waals surface area (Å²) in [6, 6.07) is 0. The standard InChI is InChI=1S/C8H14N2/c1-3-7(4-2)8-5-9-10-6-8/h5-7H,3-4H2,1-2H3,(H,9,10). The highest BCUT2D eigenvalue weighted by Gasteiger charge is 2.05. The molecule has 0 saturated heterocycles. The van der Waals surface area contributed by atoms with Crippen molar-refractivity contribution < 1.29 is 0 Å². The van der Waals surface area contributed by atoms with Gasteiger partial charge in [0, 0.05) is 6.20 Å². The van der Waals surface area contributed by atoms with Gasteiger partial charge in [0.05, 0.1) is 6.20 Å². The van der Waals surface area contributed by atoms with Gasteiger partial charge in [-0.25, -0.2) is 0 Å². The predicted octanol–water partition coefficient (Wildman–Crippen LogP) is 2.31. The van der Waals surface area contributed by atoms with Crippen molar-refractivity contribution in [3.8, 4) is 0 Å². The van der Waals surface area contributed by atoms with E-state index >= 15 is 0 Å². The molecule has 2 nitrogen and oxygen atoms in total. The maximum absolute atomic E-state index is 3.91. The Hall–Kier alpha value is -0.790. The van der Waals surface area contributed by atoms with Gasteiger partial charge in [0.1, 0.15) is 0 Å². The van der Waals surface area contributed by atoms with Crippen LogP contribution in [0.5, 0.6) is 0 Å². The van der Waals surface area contributed by atoms with Crippen LogP contribution in [0.15, 0.2) is 12.4 Å². The third kappa shape index (κ3) is 1.38. The molecule has 0 aliphatic heterocycles. The van der Waals surface area contributed by atoms with Crippen LogP contribution >= 0.6 is 0 Å². The molecule has 1 aromatic rings. The Balaban J connectivity index is 2.64. The SMILES string of the molecule is CCC(CC)c1cn[nH]c1. The molecule has 1 aromatic heterocycles. The topological polar surface area (TPSA) is 28.7 Å². The fourth-order valence-corrected chi connectivity index (χ4v) is 1.24. The van der Waals surface area contributed by atoms with E-state index in [2.05, 4.69) is 24.0 Å². The Morgan fingerprint density at radius 3 is 2.60 bits per heavy atom. The number of rotatable bonds is 3. The molecule has 1 rings (SSSR count). The van der Waals surface area contributed by atoms with Crippen molar-refractivity contribution in [3.05, 3.63) is 18.0 Å². The summed E-state index contributed by atoms with van der Waals surface area (Å²) in [4.78, 5) is 0. The zero-order chi connectivity index (χ0) is 7.40. The molecular formula is C8H14N2. The molecule has 0 aliphatic carbocycles. The average Bonchev–Trinajstić information content (AvgIpc) is 2.43. The third-order valence-corrected chi connectivity index (χ3v) is 1.98. The molecule has 0 saturated carbocycles. The molecule has 0 unspecified atom stereocenters. The number of nitrogens with one attached hydrogen (secondary N) is 1. The first-order valence-corrected chi connectivity index (χ1v) is 3.87. The maximum atomic E-state index is 3.91. The lowest BCUT2D eigenvalue weighted by Crippen LogP contribution is -1.91. The largest absolute Gasteiger partial charge is 0.285 e. The number of hydrogen-bond acceptors (Lipinski definition) is 1. The van der Waals surface area contributed by atoms with Gasteiger partial charge in [-0.15, -0.1) is 0 Å². The Morgan fingerprint density at radius 2 is 2.20 bits per heavy atom. The molecule has 56 valence electrons. The summed E-state index contributed by atoms with van der Waals surface area (Å²) >= 11 is 0. The number of hydrogen-bond donors (Lipinski definition) is 1. The van der Waals surface area contributed by atoms with Gasteiger partial charge in [0.2, 0.25) is 0 Å². The van der Waals surface area contributed by atoms with Gasteiger partial charge in [0.15, 0.2) is 0 Å². The molecule has 10 heavy (non-hydrogen) atoms. The van der Waals surface area contributed by atoms with Crippen LogP contribution in [-0.4, -0.2) is 10.2 Å². The Morgan fingerprint density at radius 1 is 1.50 bits per heavy atom. The number of nitrogens with zero attached hydrogens (tertiary/aromatic N) is 1. The molecule has 0 spiro atoms. The smallest absolute Gasteiger partial charge is 0.0522 e. The number of aromatic amines is 1. The second-order valence-electron chi connectivity index (χ2n) is 2.55. The first kappa shape index (κ1) is 7.32. The molecule has 0 fully saturated rings. The zero-order valence-corrected chi connectivity index (χ0v) is 6.59. The minimum absolute atomic E-state index is 0.693. The normalized spacial score (nSPS) is 10.7. The lowest BCUT2D eigenvalue weighted by atomic mass is 9.97. The Bertz CT molecular complexity index is 163. The van der Waals surface area contributed by atoms with Gasteiger partial charge in [-0.1, -0.05) is 13.8 Å². The van der Waals surface area contributed by atoms with Crippen LogP contribution in [0.1, 0.15) is 38.2 Å². The molecule has 2 heteroatoms. The van der Waals surface area contributed by atoms with E-state index in [1.165, 1.54) is 18.4 Å². The molecule has 0 aliphatic rings. The van der Waals surface area contributed by atoms with Crippen LogP contribution in [0.25, 0.3) is 0 Å². The van der Waals surface area contributed by atoms with Crippen molar-refractivity contribution in [3.63, 3.8) is 0 Å². The Labute approximate surface area is 61.7 Å². The van der Waals surface area contributed by atoms with E-state index in [1.807, 2.05) is 12.4 Å². The molecule has 0 amide bonds. The van der Waals surface area contributed by atoms with Gasteiger partial charge in [-0.2, -0.15) is 5.10 Å². The van der Waals surface area contributed by atoms with Crippen LogP contribution in [-0.2, 0) is 0 Å². The lowest BCUT2D eigenvalue weighted by Gasteiger charge is -2.07. The van der Waals surface area contributed by atoms with E-state index in [0.29, 0.717) is 5.92 Å². The highest BCUT2D eigenvalue weighted by atomic mass is 15.1. The molecule has 0 aromatic carbocycles. The summed E-state index contributed by atoms with van der Waals surface area (Å²) in [6.07, 6.45) is 6.31. The van der Waals surface area contributed by atoms with E-state index in [1.54, 1.807) is 0 Å². The molecule has 1 heterocycles. The second kappa shape index (κ2) is 3.40. The second-order valence-corrected chi connectivity index (χ2v) is 2.55. The summed E-state index contributed by atoms with van der Waals surface area (Å²) in [5.41, 5.74) is 1.34. The van der Waals surface area contributed by atoms with Crippen LogP contribution in [0.3, 0.4) is 0 Å². The minimum atomic E-state index is 0.693. The first-order valence-electron chi connectivity index (χ1n) is 3.87. The maximum Gasteiger partial charge on any atom is 0.0522 e. The quantitative estimate of drug-likeness (QED) is 0.682. The van der Waals surface area contributed by atoms with Crippen molar-refractivity contribution >= 4 is 0 Å². The van der Waals surface area contributed by atoms with Gasteiger partial charge in [-0.05, 0) is 24.3 Å².